The van der Waals surface area contributed by atoms with Crippen LogP contribution in [0.2, 0.25) is 0 Å². The van der Waals surface area contributed by atoms with Crippen molar-refractivity contribution in [1.29, 1.82) is 0 Å². The molecule has 1 saturated heterocycles. The molecule has 1 aromatic carbocycles. The molecule has 3 amide bonds. The Morgan fingerprint density at radius 3 is 2.24 bits per heavy atom. The van der Waals surface area contributed by atoms with Crippen LogP contribution in [0.4, 0.5) is 4.79 Å². The van der Waals surface area contributed by atoms with Crippen LogP contribution < -0.4 is 0 Å². The minimum Gasteiger partial charge on any atom is -0.444 e. The predicted molar refractivity (Wildman–Crippen MR) is 92.3 cm³/mol. The van der Waals surface area contributed by atoms with Gasteiger partial charge in [0.15, 0.2) is 0 Å². The topological polar surface area (TPSA) is 66.9 Å². The van der Waals surface area contributed by atoms with Crippen LogP contribution in [0.3, 0.4) is 0 Å². The van der Waals surface area contributed by atoms with Gasteiger partial charge in [0, 0.05) is 13.1 Å². The number of imide groups is 1. The highest BCUT2D eigenvalue weighted by Crippen LogP contribution is 2.29. The Kier molecular flexibility index (Phi) is 4.31. The second-order valence-corrected chi connectivity index (χ2v) is 7.89. The first-order valence-corrected chi connectivity index (χ1v) is 8.62. The van der Waals surface area contributed by atoms with Crippen molar-refractivity contribution in [2.24, 2.45) is 5.92 Å². The van der Waals surface area contributed by atoms with Crippen molar-refractivity contribution < 1.29 is 19.1 Å². The summed E-state index contributed by atoms with van der Waals surface area (Å²) in [5.74, 6) is -0.277. The summed E-state index contributed by atoms with van der Waals surface area (Å²) in [4.78, 5) is 40.5. The van der Waals surface area contributed by atoms with Crippen LogP contribution in [0.1, 0.15) is 54.8 Å². The smallest absolute Gasteiger partial charge is 0.410 e. The molecule has 134 valence electrons. The summed E-state index contributed by atoms with van der Waals surface area (Å²) in [7, 11) is 0. The van der Waals surface area contributed by atoms with Crippen LogP contribution in [0.25, 0.3) is 0 Å². The van der Waals surface area contributed by atoms with Crippen molar-refractivity contribution in [3.05, 3.63) is 35.4 Å². The first-order valence-electron chi connectivity index (χ1n) is 8.62. The van der Waals surface area contributed by atoms with Gasteiger partial charge in [-0.3, -0.25) is 14.5 Å². The van der Waals surface area contributed by atoms with E-state index in [1.54, 1.807) is 29.2 Å². The van der Waals surface area contributed by atoms with Crippen LogP contribution in [0, 0.1) is 5.92 Å². The largest absolute Gasteiger partial charge is 0.444 e. The zero-order valence-electron chi connectivity index (χ0n) is 15.1. The van der Waals surface area contributed by atoms with E-state index in [0.29, 0.717) is 23.6 Å². The molecule has 25 heavy (non-hydrogen) atoms. The monoisotopic (exact) mass is 344 g/mol. The third-order valence-electron chi connectivity index (χ3n) is 4.52. The molecule has 0 bridgehead atoms. The molecule has 6 heteroatoms. The maximum atomic E-state index is 12.6. The second-order valence-electron chi connectivity index (χ2n) is 7.89. The average molecular weight is 344 g/mol. The fraction of sp³-hybridized carbons (Fsp3) is 0.526. The van der Waals surface area contributed by atoms with Crippen molar-refractivity contribution in [2.75, 3.05) is 13.1 Å². The van der Waals surface area contributed by atoms with Gasteiger partial charge in [-0.1, -0.05) is 19.1 Å². The lowest BCUT2D eigenvalue weighted by Crippen LogP contribution is -2.46. The normalized spacial score (nSPS) is 23.2. The standard InChI is InChI=1S/C19H24N2O4/c1-12-9-13(20(10-12)18(24)25-19(2,3)4)11-21-16(22)14-7-5-6-8-15(14)17(21)23/h5-8,12-13H,9-11H2,1-4H3/t12-,13-/m0/s1. The van der Waals surface area contributed by atoms with Crippen LogP contribution in [0.5, 0.6) is 0 Å². The Morgan fingerprint density at radius 2 is 1.72 bits per heavy atom. The Hall–Kier alpha value is -2.37. The number of benzene rings is 1. The Balaban J connectivity index is 1.76. The highest BCUT2D eigenvalue weighted by Gasteiger charge is 2.42. The predicted octanol–water partition coefficient (Wildman–Crippen LogP) is 2.93. The number of nitrogens with zero attached hydrogens (tertiary/aromatic N) is 2. The van der Waals surface area contributed by atoms with E-state index in [0.717, 1.165) is 6.42 Å². The molecule has 0 aromatic heterocycles. The lowest BCUT2D eigenvalue weighted by molar-refractivity contribution is 0.0188. The van der Waals surface area contributed by atoms with Gasteiger partial charge in [-0.05, 0) is 45.2 Å². The molecule has 0 saturated carbocycles. The van der Waals surface area contributed by atoms with E-state index >= 15 is 0 Å². The zero-order chi connectivity index (χ0) is 18.4. The van der Waals surface area contributed by atoms with Gasteiger partial charge in [0.25, 0.3) is 11.8 Å². The molecule has 2 aliphatic heterocycles. The number of hydrogen-bond acceptors (Lipinski definition) is 4. The molecule has 2 atom stereocenters. The van der Waals surface area contributed by atoms with Crippen LogP contribution >= 0.6 is 0 Å². The maximum Gasteiger partial charge on any atom is 0.410 e. The van der Waals surface area contributed by atoms with E-state index in [9.17, 15) is 14.4 Å². The molecule has 3 rings (SSSR count). The van der Waals surface area contributed by atoms with Gasteiger partial charge in [-0.15, -0.1) is 0 Å². The van der Waals surface area contributed by atoms with Gasteiger partial charge < -0.3 is 9.64 Å². The minimum atomic E-state index is -0.580. The summed E-state index contributed by atoms with van der Waals surface area (Å²) < 4.78 is 5.48. The Bertz CT molecular complexity index is 687. The number of carbonyl (C=O) groups is 3. The van der Waals surface area contributed by atoms with E-state index in [1.165, 1.54) is 4.90 Å². The van der Waals surface area contributed by atoms with Gasteiger partial charge in [0.2, 0.25) is 0 Å². The molecule has 6 nitrogen and oxygen atoms in total. The number of likely N-dealkylation sites (tertiary alicyclic amines) is 1. The van der Waals surface area contributed by atoms with E-state index in [2.05, 4.69) is 6.92 Å². The van der Waals surface area contributed by atoms with E-state index < -0.39 is 11.7 Å². The minimum absolute atomic E-state index is 0.204. The van der Waals surface area contributed by atoms with E-state index in [-0.39, 0.29) is 24.4 Å². The van der Waals surface area contributed by atoms with Gasteiger partial charge in [0.1, 0.15) is 5.60 Å². The summed E-state index contributed by atoms with van der Waals surface area (Å²) in [5, 5.41) is 0. The molecular weight excluding hydrogens is 320 g/mol. The zero-order valence-corrected chi connectivity index (χ0v) is 15.1. The van der Waals surface area contributed by atoms with Gasteiger partial charge >= 0.3 is 6.09 Å². The number of rotatable bonds is 2. The molecule has 0 N–H and O–H groups in total. The SMILES string of the molecule is C[C@H]1C[C@@H](CN2C(=O)c3ccccc3C2=O)N(C(=O)OC(C)(C)C)C1. The Labute approximate surface area is 147 Å². The average Bonchev–Trinajstić information content (AvgIpc) is 3.00. The highest BCUT2D eigenvalue weighted by atomic mass is 16.6. The second kappa shape index (κ2) is 6.17. The summed E-state index contributed by atoms with van der Waals surface area (Å²) in [5.41, 5.74) is 0.285. The molecule has 1 fully saturated rings. The van der Waals surface area contributed by atoms with Crippen LogP contribution in [-0.4, -0.2) is 52.4 Å². The molecule has 0 unspecified atom stereocenters. The quantitative estimate of drug-likeness (QED) is 0.774. The molecule has 0 radical (unpaired) electrons. The first-order chi connectivity index (χ1) is 11.7. The van der Waals surface area contributed by atoms with Gasteiger partial charge in [0.05, 0.1) is 17.2 Å². The first kappa shape index (κ1) is 17.5. The fourth-order valence-corrected chi connectivity index (χ4v) is 3.48. The number of fused-ring (bicyclic) bond motifs is 1. The summed E-state index contributed by atoms with van der Waals surface area (Å²) in [6.07, 6.45) is 0.352. The molecule has 0 aliphatic carbocycles. The van der Waals surface area contributed by atoms with Gasteiger partial charge in [-0.25, -0.2) is 4.79 Å². The summed E-state index contributed by atoms with van der Waals surface area (Å²) >= 11 is 0. The van der Waals surface area contributed by atoms with Crippen LogP contribution in [0.15, 0.2) is 24.3 Å². The Morgan fingerprint density at radius 1 is 1.16 bits per heavy atom. The molecule has 1 aromatic rings. The lowest BCUT2D eigenvalue weighted by atomic mass is 10.1. The van der Waals surface area contributed by atoms with Crippen molar-refractivity contribution >= 4 is 17.9 Å². The van der Waals surface area contributed by atoms with E-state index in [1.807, 2.05) is 20.8 Å². The number of carbonyl (C=O) groups excluding carboxylic acids is 3. The summed E-state index contributed by atoms with van der Waals surface area (Å²) in [6, 6.07) is 6.61. The number of ether oxygens (including phenoxy) is 1. The maximum absolute atomic E-state index is 12.6. The molecular formula is C19H24N2O4. The van der Waals surface area contributed by atoms with Gasteiger partial charge in [-0.2, -0.15) is 0 Å². The van der Waals surface area contributed by atoms with Crippen molar-refractivity contribution in [1.82, 2.24) is 9.80 Å². The third-order valence-corrected chi connectivity index (χ3v) is 4.52. The van der Waals surface area contributed by atoms with Crippen molar-refractivity contribution in [3.8, 4) is 0 Å². The highest BCUT2D eigenvalue weighted by molar-refractivity contribution is 6.21. The van der Waals surface area contributed by atoms with Crippen LogP contribution in [-0.2, 0) is 4.74 Å². The summed E-state index contributed by atoms with van der Waals surface area (Å²) in [6.45, 7) is 8.30. The third kappa shape index (κ3) is 3.38. The van der Waals surface area contributed by atoms with Crippen molar-refractivity contribution in [2.45, 2.75) is 45.8 Å². The molecule has 0 spiro atoms. The van der Waals surface area contributed by atoms with E-state index in [4.69, 9.17) is 4.74 Å². The fourth-order valence-electron chi connectivity index (χ4n) is 3.48. The van der Waals surface area contributed by atoms with Crippen molar-refractivity contribution in [3.63, 3.8) is 0 Å². The lowest BCUT2D eigenvalue weighted by Gasteiger charge is -2.30. The molecule has 2 heterocycles. The number of amides is 3. The number of hydrogen-bond donors (Lipinski definition) is 0. The molecule has 2 aliphatic rings.